The van der Waals surface area contributed by atoms with Crippen LogP contribution in [0.1, 0.15) is 64.2 Å². The molecule has 8 nitrogen and oxygen atoms in total. The highest BCUT2D eigenvalue weighted by Gasteiger charge is 2.47. The Morgan fingerprint density at radius 1 is 0.917 bits per heavy atom. The Morgan fingerprint density at radius 2 is 1.46 bits per heavy atom. The van der Waals surface area contributed by atoms with Gasteiger partial charge in [0.1, 0.15) is 0 Å². The second-order valence-electron chi connectivity index (χ2n) is 6.31. The van der Waals surface area contributed by atoms with Crippen molar-refractivity contribution in [2.45, 2.75) is 69.8 Å². The first kappa shape index (κ1) is 19.9. The van der Waals surface area contributed by atoms with Crippen LogP contribution in [0.25, 0.3) is 0 Å². The van der Waals surface area contributed by atoms with E-state index in [1.165, 1.54) is 19.3 Å². The fourth-order valence-corrected chi connectivity index (χ4v) is 3.10. The van der Waals surface area contributed by atoms with Gasteiger partial charge in [0, 0.05) is 6.42 Å². The van der Waals surface area contributed by atoms with E-state index in [0.717, 1.165) is 19.3 Å². The molecule has 8 heteroatoms. The lowest BCUT2D eigenvalue weighted by Gasteiger charge is -2.26. The van der Waals surface area contributed by atoms with E-state index in [-0.39, 0.29) is 6.42 Å². The van der Waals surface area contributed by atoms with Crippen LogP contribution in [0, 0.1) is 5.92 Å². The third-order valence-electron chi connectivity index (χ3n) is 4.29. The highest BCUT2D eigenvalue weighted by Crippen LogP contribution is 2.28. The van der Waals surface area contributed by atoms with Crippen LogP contribution in [0.2, 0.25) is 0 Å². The molecule has 0 aromatic rings. The van der Waals surface area contributed by atoms with Crippen LogP contribution in [-0.4, -0.2) is 44.8 Å². The average Bonchev–Trinajstić information content (AvgIpc) is 2.46. The second kappa shape index (κ2) is 9.24. The molecule has 1 aliphatic rings. The van der Waals surface area contributed by atoms with Crippen molar-refractivity contribution in [3.63, 3.8) is 0 Å². The maximum atomic E-state index is 11.9. The van der Waals surface area contributed by atoms with Crippen molar-refractivity contribution in [2.75, 3.05) is 0 Å². The molecule has 1 saturated carbocycles. The summed E-state index contributed by atoms with van der Waals surface area (Å²) in [5, 5.41) is 26.8. The maximum absolute atomic E-state index is 11.9. The normalized spacial score (nSPS) is 15.7. The molecule has 0 atom stereocenters. The summed E-state index contributed by atoms with van der Waals surface area (Å²) >= 11 is 0. The molecular weight excluding hydrogens is 320 g/mol. The molecule has 0 bridgehead atoms. The zero-order chi connectivity index (χ0) is 18.2. The predicted octanol–water partition coefficient (Wildman–Crippen LogP) is 2.05. The standard InChI is InChI=1S/C16H24O8/c17-12(18)9-16(15(22)23,10-13(19)20)24-14(21)8-4-7-11-5-2-1-3-6-11/h11H,1-10H2,(H,17,18)(H,19,20)(H,22,23). The van der Waals surface area contributed by atoms with Crippen LogP contribution in [0.5, 0.6) is 0 Å². The Bertz CT molecular complexity index is 462. The summed E-state index contributed by atoms with van der Waals surface area (Å²) in [6.45, 7) is 0. The number of carbonyl (C=O) groups is 4. The Hall–Kier alpha value is -2.12. The quantitative estimate of drug-likeness (QED) is 0.512. The molecule has 1 fully saturated rings. The van der Waals surface area contributed by atoms with E-state index in [9.17, 15) is 24.3 Å². The van der Waals surface area contributed by atoms with Crippen molar-refractivity contribution >= 4 is 23.9 Å². The van der Waals surface area contributed by atoms with Crippen molar-refractivity contribution in [2.24, 2.45) is 5.92 Å². The fraction of sp³-hybridized carbons (Fsp3) is 0.750. The molecule has 0 unspecified atom stereocenters. The Labute approximate surface area is 139 Å². The van der Waals surface area contributed by atoms with Crippen molar-refractivity contribution in [3.8, 4) is 0 Å². The van der Waals surface area contributed by atoms with Crippen LogP contribution in [0.4, 0.5) is 0 Å². The maximum Gasteiger partial charge on any atom is 0.349 e. The van der Waals surface area contributed by atoms with E-state index < -0.39 is 42.3 Å². The third-order valence-corrected chi connectivity index (χ3v) is 4.29. The number of carboxylic acid groups (broad SMARTS) is 3. The van der Waals surface area contributed by atoms with E-state index in [0.29, 0.717) is 12.3 Å². The van der Waals surface area contributed by atoms with Gasteiger partial charge in [-0.3, -0.25) is 14.4 Å². The van der Waals surface area contributed by atoms with E-state index in [2.05, 4.69) is 0 Å². The molecule has 0 saturated heterocycles. The molecule has 0 spiro atoms. The minimum Gasteiger partial charge on any atom is -0.481 e. The number of aliphatic carboxylic acids is 3. The SMILES string of the molecule is O=C(O)CC(CC(=O)O)(OC(=O)CCCC1CCCCC1)C(=O)O. The molecule has 1 rings (SSSR count). The van der Waals surface area contributed by atoms with Gasteiger partial charge >= 0.3 is 23.9 Å². The van der Waals surface area contributed by atoms with Gasteiger partial charge in [0.25, 0.3) is 0 Å². The van der Waals surface area contributed by atoms with Gasteiger partial charge in [-0.1, -0.05) is 32.1 Å². The predicted molar refractivity (Wildman–Crippen MR) is 81.4 cm³/mol. The van der Waals surface area contributed by atoms with Gasteiger partial charge in [-0.25, -0.2) is 4.79 Å². The number of hydrogen-bond donors (Lipinski definition) is 3. The first-order valence-electron chi connectivity index (χ1n) is 8.14. The van der Waals surface area contributed by atoms with Gasteiger partial charge in [-0.2, -0.15) is 0 Å². The third kappa shape index (κ3) is 6.55. The summed E-state index contributed by atoms with van der Waals surface area (Å²) < 4.78 is 4.81. The minimum atomic E-state index is -2.57. The zero-order valence-electron chi connectivity index (χ0n) is 13.5. The van der Waals surface area contributed by atoms with Crippen LogP contribution >= 0.6 is 0 Å². The van der Waals surface area contributed by atoms with E-state index in [4.69, 9.17) is 14.9 Å². The zero-order valence-corrected chi connectivity index (χ0v) is 13.5. The topological polar surface area (TPSA) is 138 Å². The number of carboxylic acids is 3. The molecule has 3 N–H and O–H groups in total. The molecule has 0 amide bonds. The fourth-order valence-electron chi connectivity index (χ4n) is 3.10. The van der Waals surface area contributed by atoms with Crippen molar-refractivity contribution in [1.29, 1.82) is 0 Å². The highest BCUT2D eigenvalue weighted by atomic mass is 16.6. The van der Waals surface area contributed by atoms with Gasteiger partial charge in [0.15, 0.2) is 0 Å². The molecule has 0 aromatic carbocycles. The lowest BCUT2D eigenvalue weighted by molar-refractivity contribution is -0.186. The van der Waals surface area contributed by atoms with Gasteiger partial charge in [0.2, 0.25) is 5.60 Å². The lowest BCUT2D eigenvalue weighted by Crippen LogP contribution is -2.47. The highest BCUT2D eigenvalue weighted by molar-refractivity contribution is 5.90. The largest absolute Gasteiger partial charge is 0.481 e. The summed E-state index contributed by atoms with van der Waals surface area (Å²) in [4.78, 5) is 45.0. The number of hydrogen-bond acceptors (Lipinski definition) is 5. The molecule has 136 valence electrons. The Morgan fingerprint density at radius 3 is 1.92 bits per heavy atom. The van der Waals surface area contributed by atoms with Gasteiger partial charge in [0.05, 0.1) is 12.8 Å². The molecule has 0 aromatic heterocycles. The van der Waals surface area contributed by atoms with Crippen molar-refractivity contribution < 1.29 is 39.2 Å². The van der Waals surface area contributed by atoms with Crippen molar-refractivity contribution in [3.05, 3.63) is 0 Å². The minimum absolute atomic E-state index is 0.0508. The van der Waals surface area contributed by atoms with E-state index in [1.54, 1.807) is 0 Å². The lowest BCUT2D eigenvalue weighted by atomic mass is 9.86. The van der Waals surface area contributed by atoms with Crippen LogP contribution < -0.4 is 0 Å². The summed E-state index contributed by atoms with van der Waals surface area (Å²) in [5.74, 6) is -5.19. The summed E-state index contributed by atoms with van der Waals surface area (Å²) in [6, 6.07) is 0. The average molecular weight is 344 g/mol. The number of ether oxygens (including phenoxy) is 1. The van der Waals surface area contributed by atoms with Gasteiger partial charge < -0.3 is 20.1 Å². The smallest absolute Gasteiger partial charge is 0.349 e. The monoisotopic (exact) mass is 344 g/mol. The number of esters is 1. The number of rotatable bonds is 10. The van der Waals surface area contributed by atoms with Gasteiger partial charge in [-0.15, -0.1) is 0 Å². The molecule has 0 heterocycles. The molecular formula is C16H24O8. The Kier molecular flexibility index (Phi) is 7.67. The number of carbonyl (C=O) groups excluding carboxylic acids is 1. The van der Waals surface area contributed by atoms with Crippen LogP contribution in [-0.2, 0) is 23.9 Å². The van der Waals surface area contributed by atoms with Gasteiger partial charge in [-0.05, 0) is 18.8 Å². The first-order valence-corrected chi connectivity index (χ1v) is 8.14. The summed E-state index contributed by atoms with van der Waals surface area (Å²) in [7, 11) is 0. The van der Waals surface area contributed by atoms with Crippen LogP contribution in [0.15, 0.2) is 0 Å². The Balaban J connectivity index is 2.59. The van der Waals surface area contributed by atoms with E-state index >= 15 is 0 Å². The van der Waals surface area contributed by atoms with Crippen LogP contribution in [0.3, 0.4) is 0 Å². The first-order chi connectivity index (χ1) is 11.2. The molecule has 24 heavy (non-hydrogen) atoms. The molecule has 1 aliphatic carbocycles. The molecule has 0 aliphatic heterocycles. The molecule has 0 radical (unpaired) electrons. The van der Waals surface area contributed by atoms with E-state index in [1.807, 2.05) is 0 Å². The summed E-state index contributed by atoms with van der Waals surface area (Å²) in [6.07, 6.45) is 4.91. The summed E-state index contributed by atoms with van der Waals surface area (Å²) in [5.41, 5.74) is -2.57. The van der Waals surface area contributed by atoms with Crippen molar-refractivity contribution in [1.82, 2.24) is 0 Å². The second-order valence-corrected chi connectivity index (χ2v) is 6.31.